The van der Waals surface area contributed by atoms with Crippen molar-refractivity contribution >= 4 is 34.7 Å². The fourth-order valence-electron chi connectivity index (χ4n) is 12.7. The van der Waals surface area contributed by atoms with Gasteiger partial charge in [0.25, 0.3) is 0 Å². The zero-order valence-corrected chi connectivity index (χ0v) is 55.0. The highest BCUT2D eigenvalue weighted by molar-refractivity contribution is 6.26. The number of allylic oxidation sites excluding steroid dienone is 12. The second-order valence-electron chi connectivity index (χ2n) is 28.6. The maximum absolute atomic E-state index is 12.9. The molecule has 0 amide bonds. The molecular formula is C72H111O13-. The van der Waals surface area contributed by atoms with Crippen molar-refractivity contribution in [2.75, 3.05) is 0 Å². The lowest BCUT2D eigenvalue weighted by Crippen LogP contribution is -2.49. The minimum atomic E-state index is -2.46. The van der Waals surface area contributed by atoms with Crippen molar-refractivity contribution < 1.29 is 64.1 Å². The van der Waals surface area contributed by atoms with Gasteiger partial charge in [-0.3, -0.25) is 28.8 Å². The van der Waals surface area contributed by atoms with Crippen molar-refractivity contribution in [1.29, 1.82) is 0 Å². The first kappa shape index (κ1) is 76.0. The Morgan fingerprint density at radius 3 is 1.66 bits per heavy atom. The molecule has 0 aromatic heterocycles. The summed E-state index contributed by atoms with van der Waals surface area (Å²) in [6.07, 6.45) is 17.8. The first-order chi connectivity index (χ1) is 38.4. The lowest BCUT2D eigenvalue weighted by atomic mass is 9.70. The number of carbonyl (C=O) groups excluding carboxylic acids is 6. The molecule has 0 aromatic rings. The van der Waals surface area contributed by atoms with Crippen LogP contribution in [-0.4, -0.2) is 88.7 Å². The van der Waals surface area contributed by atoms with Crippen LogP contribution in [-0.2, 0) is 33.5 Å². The molecule has 85 heavy (non-hydrogen) atoms. The molecule has 0 radical (unpaired) electrons. The van der Waals surface area contributed by atoms with Crippen LogP contribution >= 0.6 is 0 Å². The molecule has 1 aliphatic heterocycles. The molecular weight excluding hydrogens is 1070 g/mol. The highest BCUT2D eigenvalue weighted by Gasteiger charge is 2.61. The Morgan fingerprint density at radius 1 is 0.765 bits per heavy atom. The van der Waals surface area contributed by atoms with E-state index in [0.717, 1.165) is 58.1 Å². The quantitative estimate of drug-likeness (QED) is 0.0715. The number of ketones is 6. The fourth-order valence-corrected chi connectivity index (χ4v) is 12.7. The van der Waals surface area contributed by atoms with E-state index >= 15 is 0 Å². The summed E-state index contributed by atoms with van der Waals surface area (Å²) >= 11 is 0. The van der Waals surface area contributed by atoms with Gasteiger partial charge in [0.05, 0.1) is 28.8 Å². The van der Waals surface area contributed by atoms with Crippen LogP contribution < -0.4 is 5.11 Å². The normalized spacial score (nSPS) is 29.2. The molecule has 6 aliphatic carbocycles. The highest BCUT2D eigenvalue weighted by atomic mass is 16.5. The Kier molecular flexibility index (Phi) is 27.0. The second-order valence-corrected chi connectivity index (χ2v) is 28.6. The van der Waals surface area contributed by atoms with E-state index in [-0.39, 0.29) is 91.9 Å². The molecule has 3 saturated carbocycles. The molecule has 9 atom stereocenters. The summed E-state index contributed by atoms with van der Waals surface area (Å²) in [5, 5.41) is 65.7. The van der Waals surface area contributed by atoms with Crippen LogP contribution in [0.15, 0.2) is 104 Å². The first-order valence-corrected chi connectivity index (χ1v) is 30.6. The van der Waals surface area contributed by atoms with Crippen LogP contribution in [0.25, 0.3) is 0 Å². The summed E-state index contributed by atoms with van der Waals surface area (Å²) < 4.78 is 5.94. The topological polar surface area (TPSA) is 236 Å². The van der Waals surface area contributed by atoms with E-state index in [2.05, 4.69) is 48.1 Å². The predicted molar refractivity (Wildman–Crippen MR) is 339 cm³/mol. The molecule has 0 spiro atoms. The standard InChI is InChI=1S/2C21H30O5.C10H18O.C10H14O.C9H16O.CH4/c1-12(2)7-9-15-19(24)18(16(22)11-14(5)6)20(25)21(15,26)17(23)10-8-13(3)4;1-12(2)7-8-15-18(23)17(16(22)11-14(5)6)20(25)21(26,19(15)24)10-9-13(3)4;1-9(2)7-4-5-10(9,3)8(11)6-7;1-7(2)9-5-4-8(3)10(11)6-9;1-8(2)7-4-5-9(3,6-7)10-8;/h7-8,14-15,25-26H,9-11H2,1-6H3;7,9,14,23-24,26H,8,10-11H2,1-6H3;7-8,11H,4-6H2,1-3H3;4,9H,1,5-6H2,2-3H3;7H,4-6H2,1-3H3;1H4/p-1. The van der Waals surface area contributed by atoms with Gasteiger partial charge in [-0.1, -0.05) is 126 Å². The number of rotatable bonds is 16. The molecule has 4 bridgehead atoms. The molecule has 9 unspecified atom stereocenters. The van der Waals surface area contributed by atoms with Crippen molar-refractivity contribution in [3.8, 4) is 0 Å². The number of aliphatic hydroxyl groups excluding tert-OH is 3. The summed E-state index contributed by atoms with van der Waals surface area (Å²) in [5.74, 6) is -4.68. The zero-order valence-electron chi connectivity index (χ0n) is 55.0. The molecule has 7 rings (SSSR count). The Balaban J connectivity index is 0.000000384. The van der Waals surface area contributed by atoms with Crippen LogP contribution in [0.2, 0.25) is 0 Å². The number of ether oxygens (including phenoxy) is 1. The lowest BCUT2D eigenvalue weighted by molar-refractivity contribution is -0.330. The van der Waals surface area contributed by atoms with Gasteiger partial charge in [-0.2, -0.15) is 0 Å². The van der Waals surface area contributed by atoms with Gasteiger partial charge in [-0.25, -0.2) is 0 Å². The van der Waals surface area contributed by atoms with Crippen LogP contribution in [0.1, 0.15) is 236 Å². The lowest BCUT2D eigenvalue weighted by Gasteiger charge is -2.36. The minimum absolute atomic E-state index is 0. The number of Topliss-reactive ketones (excluding diaryl/α,β-unsaturated/α-hetero) is 6. The highest BCUT2D eigenvalue weighted by Crippen LogP contribution is 2.65. The van der Waals surface area contributed by atoms with E-state index in [0.29, 0.717) is 17.8 Å². The largest absolute Gasteiger partial charge is 0.873 e. The monoisotopic (exact) mass is 1180 g/mol. The summed E-state index contributed by atoms with van der Waals surface area (Å²) in [7, 11) is 0. The van der Waals surface area contributed by atoms with Gasteiger partial charge in [0, 0.05) is 37.7 Å². The van der Waals surface area contributed by atoms with E-state index in [9.17, 15) is 59.4 Å². The Bertz CT molecular complexity index is 2760. The van der Waals surface area contributed by atoms with Gasteiger partial charge < -0.3 is 35.4 Å². The van der Waals surface area contributed by atoms with Crippen LogP contribution in [0.3, 0.4) is 0 Å². The Labute approximate surface area is 511 Å². The van der Waals surface area contributed by atoms with Crippen molar-refractivity contribution in [2.24, 2.45) is 46.3 Å². The SMILES string of the molecule is C.C=C(C)C1CC=C(C)C(=O)C1.CC(C)=CCC(=O)C1(O)C([O-])=C(C(=O)CC(C)C)C(=O)C1CC=C(C)C.CC(C)=CCC1=C(O)C(O)(CC=C(C)C)C(=O)C(C(=O)CC(C)C)=C1O.CC1(C)C2CCC1(C)C(O)C2.CC12CCC(C1)C(C)(C)O2. The van der Waals surface area contributed by atoms with E-state index in [1.807, 2.05) is 61.5 Å². The molecule has 5 N–H and O–H groups in total. The minimum Gasteiger partial charge on any atom is -0.873 e. The average molecular weight is 1180 g/mol. The third-order valence-corrected chi connectivity index (χ3v) is 18.8. The van der Waals surface area contributed by atoms with Gasteiger partial charge in [-0.15, -0.1) is 0 Å². The maximum Gasteiger partial charge on any atom is 0.209 e. The number of fused-ring (bicyclic) bond motifs is 4. The van der Waals surface area contributed by atoms with Crippen molar-refractivity contribution in [3.63, 3.8) is 0 Å². The molecule has 0 aromatic carbocycles. The molecule has 4 fully saturated rings. The number of hydrogen-bond donors (Lipinski definition) is 5. The molecule has 13 heteroatoms. The van der Waals surface area contributed by atoms with E-state index in [1.165, 1.54) is 32.1 Å². The molecule has 13 nitrogen and oxygen atoms in total. The Hall–Kier alpha value is -5.08. The van der Waals surface area contributed by atoms with E-state index in [4.69, 9.17) is 4.74 Å². The van der Waals surface area contributed by atoms with Crippen LogP contribution in [0.4, 0.5) is 0 Å². The second kappa shape index (κ2) is 30.2. The van der Waals surface area contributed by atoms with Gasteiger partial charge in [0.1, 0.15) is 22.7 Å². The third-order valence-electron chi connectivity index (χ3n) is 18.8. The summed E-state index contributed by atoms with van der Waals surface area (Å²) in [6, 6.07) is 0. The van der Waals surface area contributed by atoms with Gasteiger partial charge in [0.2, 0.25) is 5.78 Å². The van der Waals surface area contributed by atoms with Crippen LogP contribution in [0.5, 0.6) is 0 Å². The third kappa shape index (κ3) is 18.0. The van der Waals surface area contributed by atoms with E-state index < -0.39 is 74.5 Å². The fraction of sp³-hybridized carbons (Fsp3) is 0.667. The van der Waals surface area contributed by atoms with Crippen LogP contribution in [0, 0.1) is 46.3 Å². The molecule has 7 aliphatic rings. The molecule has 478 valence electrons. The first-order valence-electron chi connectivity index (χ1n) is 30.6. The summed E-state index contributed by atoms with van der Waals surface area (Å²) in [4.78, 5) is 74.5. The summed E-state index contributed by atoms with van der Waals surface area (Å²) in [6.45, 7) is 43.1. The van der Waals surface area contributed by atoms with Crippen molar-refractivity contribution in [3.05, 3.63) is 104 Å². The molecule has 1 heterocycles. The summed E-state index contributed by atoms with van der Waals surface area (Å²) in [5.41, 5.74) is 0.991. The Morgan fingerprint density at radius 2 is 1.28 bits per heavy atom. The van der Waals surface area contributed by atoms with Gasteiger partial charge in [-0.05, 0) is 194 Å². The number of aliphatic hydroxyl groups is 5. The zero-order chi connectivity index (χ0) is 64.6. The molecule has 1 saturated heterocycles. The van der Waals surface area contributed by atoms with Crippen molar-refractivity contribution in [1.82, 2.24) is 0 Å². The number of carbonyl (C=O) groups is 6. The predicted octanol–water partition coefficient (Wildman–Crippen LogP) is 14.4. The average Bonchev–Trinajstić information content (AvgIpc) is 1.80. The van der Waals surface area contributed by atoms with E-state index in [1.54, 1.807) is 65.8 Å². The van der Waals surface area contributed by atoms with Gasteiger partial charge >= 0.3 is 0 Å². The smallest absolute Gasteiger partial charge is 0.209 e. The van der Waals surface area contributed by atoms with Gasteiger partial charge in [0.15, 0.2) is 34.5 Å². The maximum atomic E-state index is 12.9. The number of hydrogen-bond acceptors (Lipinski definition) is 13. The van der Waals surface area contributed by atoms with Crippen molar-refractivity contribution in [2.45, 2.75) is 264 Å².